The first-order chi connectivity index (χ1) is 12.7. The average molecular weight is 351 g/mol. The predicted molar refractivity (Wildman–Crippen MR) is 95.6 cm³/mol. The largest absolute Gasteiger partial charge is 0.493 e. The lowest BCUT2D eigenvalue weighted by Crippen LogP contribution is -2.15. The molecule has 1 aliphatic rings. The number of carbonyl (C=O) groups excluding carboxylic acids is 1. The molecule has 4 rings (SSSR count). The fourth-order valence-corrected chi connectivity index (χ4v) is 3.02. The minimum Gasteiger partial charge on any atom is -0.493 e. The zero-order valence-electron chi connectivity index (χ0n) is 14.2. The van der Waals surface area contributed by atoms with Gasteiger partial charge in [-0.15, -0.1) is 10.2 Å². The zero-order chi connectivity index (χ0) is 18.1. The third-order valence-corrected chi connectivity index (χ3v) is 4.26. The maximum atomic E-state index is 12.4. The lowest BCUT2D eigenvalue weighted by atomic mass is 10.2. The van der Waals surface area contributed by atoms with Gasteiger partial charge in [0.25, 0.3) is 5.91 Å². The van der Waals surface area contributed by atoms with Crippen molar-refractivity contribution < 1.29 is 19.4 Å². The molecule has 0 unspecified atom stereocenters. The van der Waals surface area contributed by atoms with Crippen molar-refractivity contribution in [3.63, 3.8) is 0 Å². The molecule has 1 aromatic heterocycles. The first-order valence-electron chi connectivity index (χ1n) is 8.35. The van der Waals surface area contributed by atoms with Gasteiger partial charge in [-0.05, 0) is 31.2 Å². The highest BCUT2D eigenvalue weighted by molar-refractivity contribution is 5.97. The van der Waals surface area contributed by atoms with Gasteiger partial charge in [0.15, 0.2) is 17.2 Å². The van der Waals surface area contributed by atoms with Crippen LogP contribution in [-0.4, -0.2) is 28.8 Å². The Kier molecular flexibility index (Phi) is 4.04. The summed E-state index contributed by atoms with van der Waals surface area (Å²) in [5.74, 6) is 0.596. The quantitative estimate of drug-likeness (QED) is 0.721. The number of aromatic hydroxyl groups is 1. The van der Waals surface area contributed by atoms with E-state index in [-0.39, 0.29) is 11.6 Å². The summed E-state index contributed by atoms with van der Waals surface area (Å²) in [4.78, 5) is 12.4. The SMILES string of the molecule is CCn1c(O)c(N=NC(=O)c2ccc3c(c2)OCCO3)c2ccccc21. The molecule has 0 fully saturated rings. The minimum atomic E-state index is -0.519. The van der Waals surface area contributed by atoms with Crippen LogP contribution in [0.4, 0.5) is 5.69 Å². The molecule has 3 aromatic rings. The molecule has 2 heterocycles. The number of rotatable bonds is 3. The van der Waals surface area contributed by atoms with Crippen molar-refractivity contribution in [3.05, 3.63) is 48.0 Å². The number of aryl methyl sites for hydroxylation is 1. The number of para-hydroxylation sites is 1. The smallest absolute Gasteiger partial charge is 0.295 e. The maximum Gasteiger partial charge on any atom is 0.295 e. The Balaban J connectivity index is 1.67. The Hall–Kier alpha value is -3.35. The number of fused-ring (bicyclic) bond motifs is 2. The van der Waals surface area contributed by atoms with Crippen LogP contribution in [0.2, 0.25) is 0 Å². The number of hydrogen-bond acceptors (Lipinski definition) is 5. The van der Waals surface area contributed by atoms with Crippen molar-refractivity contribution in [2.24, 2.45) is 10.2 Å². The number of azo groups is 1. The standard InChI is InChI=1S/C19H17N3O4/c1-2-22-14-6-4-3-5-13(14)17(19(22)24)20-21-18(23)12-7-8-15-16(11-12)26-10-9-25-15/h3-8,11,24H,2,9-10H2,1H3. The molecule has 1 amide bonds. The highest BCUT2D eigenvalue weighted by Crippen LogP contribution is 2.39. The molecule has 0 bridgehead atoms. The molecule has 2 aromatic carbocycles. The Morgan fingerprint density at radius 2 is 1.92 bits per heavy atom. The van der Waals surface area contributed by atoms with Crippen LogP contribution < -0.4 is 9.47 Å². The lowest BCUT2D eigenvalue weighted by molar-refractivity contribution is 0.0993. The van der Waals surface area contributed by atoms with Crippen molar-refractivity contribution in [1.29, 1.82) is 0 Å². The van der Waals surface area contributed by atoms with Gasteiger partial charge in [-0.25, -0.2) is 0 Å². The molecule has 0 saturated carbocycles. The Morgan fingerprint density at radius 1 is 1.15 bits per heavy atom. The van der Waals surface area contributed by atoms with Crippen LogP contribution in [0, 0.1) is 0 Å². The van der Waals surface area contributed by atoms with E-state index in [1.54, 1.807) is 22.8 Å². The minimum absolute atomic E-state index is 0.00701. The van der Waals surface area contributed by atoms with Gasteiger partial charge in [-0.1, -0.05) is 18.2 Å². The fraction of sp³-hybridized carbons (Fsp3) is 0.211. The van der Waals surface area contributed by atoms with Crippen LogP contribution in [0.15, 0.2) is 52.7 Å². The van der Waals surface area contributed by atoms with E-state index < -0.39 is 5.91 Å². The molecule has 132 valence electrons. The van der Waals surface area contributed by atoms with Crippen LogP contribution in [0.25, 0.3) is 10.9 Å². The molecule has 7 nitrogen and oxygen atoms in total. The van der Waals surface area contributed by atoms with Crippen LogP contribution in [-0.2, 0) is 6.54 Å². The van der Waals surface area contributed by atoms with Crippen LogP contribution >= 0.6 is 0 Å². The van der Waals surface area contributed by atoms with Crippen molar-refractivity contribution in [1.82, 2.24) is 4.57 Å². The van der Waals surface area contributed by atoms with Gasteiger partial charge in [0.2, 0.25) is 5.88 Å². The molecule has 0 radical (unpaired) electrons. The monoisotopic (exact) mass is 351 g/mol. The summed E-state index contributed by atoms with van der Waals surface area (Å²) in [5, 5.41) is 19.0. The van der Waals surface area contributed by atoms with E-state index in [0.29, 0.717) is 36.8 Å². The number of hydrogen-bond donors (Lipinski definition) is 1. The maximum absolute atomic E-state index is 12.4. The van der Waals surface area contributed by atoms with E-state index in [1.807, 2.05) is 31.2 Å². The van der Waals surface area contributed by atoms with E-state index >= 15 is 0 Å². The lowest BCUT2D eigenvalue weighted by Gasteiger charge is -2.18. The Morgan fingerprint density at radius 3 is 2.73 bits per heavy atom. The molecule has 1 N–H and O–H groups in total. The van der Waals surface area contributed by atoms with Crippen LogP contribution in [0.3, 0.4) is 0 Å². The molecular formula is C19H17N3O4. The predicted octanol–water partition coefficient (Wildman–Crippen LogP) is 4.06. The van der Waals surface area contributed by atoms with Gasteiger partial charge in [0.05, 0.1) is 5.52 Å². The van der Waals surface area contributed by atoms with Gasteiger partial charge in [0, 0.05) is 17.5 Å². The molecule has 26 heavy (non-hydrogen) atoms. The van der Waals surface area contributed by atoms with Gasteiger partial charge in [0.1, 0.15) is 13.2 Å². The molecule has 1 aliphatic heterocycles. The number of nitrogens with zero attached hydrogens (tertiary/aromatic N) is 3. The summed E-state index contributed by atoms with van der Waals surface area (Å²) >= 11 is 0. The third kappa shape index (κ3) is 2.67. The van der Waals surface area contributed by atoms with E-state index in [9.17, 15) is 9.90 Å². The highest BCUT2D eigenvalue weighted by Gasteiger charge is 2.17. The summed E-state index contributed by atoms with van der Waals surface area (Å²) in [6.07, 6.45) is 0. The molecular weight excluding hydrogens is 334 g/mol. The zero-order valence-corrected chi connectivity index (χ0v) is 14.2. The normalized spacial score (nSPS) is 13.4. The van der Waals surface area contributed by atoms with E-state index in [2.05, 4.69) is 10.2 Å². The van der Waals surface area contributed by atoms with Crippen LogP contribution in [0.1, 0.15) is 17.3 Å². The summed E-state index contributed by atoms with van der Waals surface area (Å²) < 4.78 is 12.6. The number of benzene rings is 2. The molecule has 0 atom stereocenters. The van der Waals surface area contributed by atoms with Crippen molar-refractivity contribution in [3.8, 4) is 17.4 Å². The molecule has 0 aliphatic carbocycles. The fourth-order valence-electron chi connectivity index (χ4n) is 3.02. The number of carbonyl (C=O) groups is 1. The van der Waals surface area contributed by atoms with Crippen LogP contribution in [0.5, 0.6) is 17.4 Å². The second kappa shape index (κ2) is 6.51. The summed E-state index contributed by atoms with van der Waals surface area (Å²) in [6.45, 7) is 3.43. The second-order valence-electron chi connectivity index (χ2n) is 5.80. The molecule has 0 saturated heterocycles. The average Bonchev–Trinajstić information content (AvgIpc) is 2.96. The molecule has 7 heteroatoms. The first kappa shape index (κ1) is 16.1. The van der Waals surface area contributed by atoms with Gasteiger partial charge in [-0.2, -0.15) is 0 Å². The van der Waals surface area contributed by atoms with E-state index in [4.69, 9.17) is 9.47 Å². The number of aromatic nitrogens is 1. The van der Waals surface area contributed by atoms with Gasteiger partial charge in [-0.3, -0.25) is 4.79 Å². The summed E-state index contributed by atoms with van der Waals surface area (Å²) in [5.41, 5.74) is 1.47. The van der Waals surface area contributed by atoms with E-state index in [0.717, 1.165) is 10.9 Å². The van der Waals surface area contributed by atoms with Crippen molar-refractivity contribution in [2.45, 2.75) is 13.5 Å². The first-order valence-corrected chi connectivity index (χ1v) is 8.35. The number of amides is 1. The highest BCUT2D eigenvalue weighted by atomic mass is 16.6. The Bertz CT molecular complexity index is 1020. The second-order valence-corrected chi connectivity index (χ2v) is 5.80. The summed E-state index contributed by atoms with van der Waals surface area (Å²) in [7, 11) is 0. The van der Waals surface area contributed by atoms with Crippen molar-refractivity contribution >= 4 is 22.5 Å². The number of ether oxygens (including phenoxy) is 2. The van der Waals surface area contributed by atoms with Crippen molar-refractivity contribution in [2.75, 3.05) is 13.2 Å². The van der Waals surface area contributed by atoms with Gasteiger partial charge < -0.3 is 19.1 Å². The van der Waals surface area contributed by atoms with E-state index in [1.165, 1.54) is 0 Å². The van der Waals surface area contributed by atoms with Gasteiger partial charge >= 0.3 is 0 Å². The summed E-state index contributed by atoms with van der Waals surface area (Å²) in [6, 6.07) is 12.3. The molecule has 0 spiro atoms. The third-order valence-electron chi connectivity index (χ3n) is 4.26. The topological polar surface area (TPSA) is 85.4 Å². The Labute approximate surface area is 149 Å².